The number of hydrogen-bond donors (Lipinski definition) is 1. The predicted molar refractivity (Wildman–Crippen MR) is 125 cm³/mol. The Morgan fingerprint density at radius 1 is 1.17 bits per heavy atom. The summed E-state index contributed by atoms with van der Waals surface area (Å²) >= 11 is 0. The van der Waals surface area contributed by atoms with Gasteiger partial charge in [0.15, 0.2) is 0 Å². The Labute approximate surface area is 180 Å². The molecule has 1 heterocycles. The molecule has 0 radical (unpaired) electrons. The van der Waals surface area contributed by atoms with Crippen molar-refractivity contribution in [2.24, 2.45) is 0 Å². The molecule has 1 saturated heterocycles. The molecule has 1 aliphatic heterocycles. The van der Waals surface area contributed by atoms with Gasteiger partial charge in [0.05, 0.1) is 18.0 Å². The first-order valence-corrected chi connectivity index (χ1v) is 10.7. The Bertz CT molecular complexity index is 851. The van der Waals surface area contributed by atoms with Crippen LogP contribution in [0.3, 0.4) is 0 Å². The molecule has 162 valence electrons. The molecular formula is C24H34N4O2. The number of nitrogens with two attached hydrogens (primary N) is 1. The fourth-order valence-corrected chi connectivity index (χ4v) is 3.76. The lowest BCUT2D eigenvalue weighted by Gasteiger charge is -2.24. The molecule has 0 spiro atoms. The molecule has 0 bridgehead atoms. The van der Waals surface area contributed by atoms with E-state index in [0.29, 0.717) is 23.9 Å². The minimum atomic E-state index is -0.0731. The maximum Gasteiger partial charge on any atom is 0.258 e. The minimum absolute atomic E-state index is 0.0731. The number of anilines is 3. The van der Waals surface area contributed by atoms with Crippen molar-refractivity contribution in [3.8, 4) is 5.75 Å². The topological polar surface area (TPSA) is 62.0 Å². The Morgan fingerprint density at radius 2 is 1.90 bits per heavy atom. The van der Waals surface area contributed by atoms with Crippen LogP contribution in [0.2, 0.25) is 0 Å². The quantitative estimate of drug-likeness (QED) is 0.529. The van der Waals surface area contributed by atoms with Crippen molar-refractivity contribution in [3.05, 3.63) is 48.0 Å². The van der Waals surface area contributed by atoms with Gasteiger partial charge < -0.3 is 25.2 Å². The predicted octanol–water partition coefficient (Wildman–Crippen LogP) is 3.86. The van der Waals surface area contributed by atoms with E-state index in [9.17, 15) is 4.79 Å². The van der Waals surface area contributed by atoms with E-state index in [4.69, 9.17) is 10.5 Å². The van der Waals surface area contributed by atoms with Crippen LogP contribution >= 0.6 is 0 Å². The molecular weight excluding hydrogens is 376 g/mol. The van der Waals surface area contributed by atoms with Crippen LogP contribution in [0.4, 0.5) is 17.1 Å². The number of nitrogen functional groups attached to an aromatic ring is 1. The summed E-state index contributed by atoms with van der Waals surface area (Å²) in [5.41, 5.74) is 9.51. The average molecular weight is 411 g/mol. The summed E-state index contributed by atoms with van der Waals surface area (Å²) in [6.45, 7) is 4.79. The minimum Gasteiger partial charge on any atom is -0.494 e. The number of rotatable bonds is 8. The zero-order valence-corrected chi connectivity index (χ0v) is 18.6. The third-order valence-corrected chi connectivity index (χ3v) is 5.81. The lowest BCUT2D eigenvalue weighted by Crippen LogP contribution is -2.31. The molecule has 30 heavy (non-hydrogen) atoms. The zero-order valence-electron chi connectivity index (χ0n) is 18.6. The lowest BCUT2D eigenvalue weighted by molar-refractivity contribution is 0.0993. The van der Waals surface area contributed by atoms with Gasteiger partial charge in [-0.3, -0.25) is 4.79 Å². The molecule has 1 amide bonds. The number of ether oxygens (including phenoxy) is 1. The summed E-state index contributed by atoms with van der Waals surface area (Å²) < 4.78 is 5.68. The summed E-state index contributed by atoms with van der Waals surface area (Å²) in [4.78, 5) is 19.1. The molecule has 1 aliphatic rings. The van der Waals surface area contributed by atoms with Crippen molar-refractivity contribution in [1.29, 1.82) is 0 Å². The van der Waals surface area contributed by atoms with Crippen LogP contribution in [0, 0.1) is 0 Å². The maximum atomic E-state index is 12.9. The van der Waals surface area contributed by atoms with Gasteiger partial charge in [-0.2, -0.15) is 0 Å². The van der Waals surface area contributed by atoms with Crippen LogP contribution in [0.15, 0.2) is 42.5 Å². The molecule has 2 aromatic rings. The first kappa shape index (κ1) is 22.0. The van der Waals surface area contributed by atoms with Gasteiger partial charge in [-0.1, -0.05) is 13.3 Å². The number of nitrogens with zero attached hydrogens (tertiary/aromatic N) is 3. The molecule has 1 atom stereocenters. The lowest BCUT2D eigenvalue weighted by atomic mass is 10.1. The Kier molecular flexibility index (Phi) is 7.21. The number of carbonyl (C=O) groups is 1. The van der Waals surface area contributed by atoms with Gasteiger partial charge in [-0.25, -0.2) is 0 Å². The van der Waals surface area contributed by atoms with Crippen molar-refractivity contribution in [1.82, 2.24) is 4.90 Å². The van der Waals surface area contributed by atoms with E-state index in [-0.39, 0.29) is 5.91 Å². The van der Waals surface area contributed by atoms with Crippen molar-refractivity contribution >= 4 is 23.0 Å². The van der Waals surface area contributed by atoms with Crippen LogP contribution in [-0.4, -0.2) is 57.7 Å². The standard InChI is InChI=1S/C24H34N4O2/c1-5-6-15-30-21-10-7-18(8-11-21)24(29)27(4)19-9-12-23(22(25)16-19)28-14-13-20(17-28)26(2)3/h7-12,16,20H,5-6,13-15,17,25H2,1-4H3. The highest BCUT2D eigenvalue weighted by atomic mass is 16.5. The Balaban J connectivity index is 1.67. The van der Waals surface area contributed by atoms with E-state index < -0.39 is 0 Å². The van der Waals surface area contributed by atoms with Crippen LogP contribution < -0.4 is 20.3 Å². The van der Waals surface area contributed by atoms with E-state index in [0.717, 1.165) is 49.5 Å². The normalized spacial score (nSPS) is 16.2. The van der Waals surface area contributed by atoms with E-state index in [1.807, 2.05) is 42.5 Å². The summed E-state index contributed by atoms with van der Waals surface area (Å²) in [6.07, 6.45) is 3.25. The highest BCUT2D eigenvalue weighted by Crippen LogP contribution is 2.31. The Morgan fingerprint density at radius 3 is 2.50 bits per heavy atom. The second-order valence-corrected chi connectivity index (χ2v) is 8.19. The third-order valence-electron chi connectivity index (χ3n) is 5.81. The molecule has 2 aromatic carbocycles. The third kappa shape index (κ3) is 5.05. The van der Waals surface area contributed by atoms with Crippen LogP contribution in [-0.2, 0) is 0 Å². The van der Waals surface area contributed by atoms with E-state index in [2.05, 4.69) is 30.8 Å². The van der Waals surface area contributed by atoms with Gasteiger partial charge >= 0.3 is 0 Å². The molecule has 1 unspecified atom stereocenters. The molecule has 0 aliphatic carbocycles. The summed E-state index contributed by atoms with van der Waals surface area (Å²) in [7, 11) is 6.01. The number of unbranched alkanes of at least 4 members (excludes halogenated alkanes) is 1. The van der Waals surface area contributed by atoms with Gasteiger partial charge in [-0.15, -0.1) is 0 Å². The molecule has 6 nitrogen and oxygen atoms in total. The van der Waals surface area contributed by atoms with Crippen LogP contribution in [0.25, 0.3) is 0 Å². The van der Waals surface area contributed by atoms with Crippen LogP contribution in [0.1, 0.15) is 36.5 Å². The smallest absolute Gasteiger partial charge is 0.258 e. The molecule has 2 N–H and O–H groups in total. The summed E-state index contributed by atoms with van der Waals surface area (Å²) in [5.74, 6) is 0.717. The number of likely N-dealkylation sites (N-methyl/N-ethyl adjacent to an activating group) is 1. The molecule has 6 heteroatoms. The van der Waals surface area contributed by atoms with Crippen molar-refractivity contribution in [2.75, 3.05) is 56.4 Å². The van der Waals surface area contributed by atoms with Gasteiger partial charge in [-0.05, 0) is 69.4 Å². The van der Waals surface area contributed by atoms with E-state index >= 15 is 0 Å². The second kappa shape index (κ2) is 9.85. The monoisotopic (exact) mass is 410 g/mol. The number of carbonyl (C=O) groups excluding carboxylic acids is 1. The number of amides is 1. The summed E-state index contributed by atoms with van der Waals surface area (Å²) in [6, 6.07) is 13.7. The van der Waals surface area contributed by atoms with Gasteiger partial charge in [0.2, 0.25) is 0 Å². The highest BCUT2D eigenvalue weighted by Gasteiger charge is 2.25. The first-order valence-electron chi connectivity index (χ1n) is 10.7. The van der Waals surface area contributed by atoms with E-state index in [1.165, 1.54) is 0 Å². The average Bonchev–Trinajstić information content (AvgIpc) is 3.23. The van der Waals surface area contributed by atoms with Gasteiger partial charge in [0, 0.05) is 37.4 Å². The SMILES string of the molecule is CCCCOc1ccc(C(=O)N(C)c2ccc(N3CCC(N(C)C)C3)c(N)c2)cc1. The zero-order chi connectivity index (χ0) is 21.7. The van der Waals surface area contributed by atoms with E-state index in [1.54, 1.807) is 11.9 Å². The number of benzene rings is 2. The largest absolute Gasteiger partial charge is 0.494 e. The van der Waals surface area contributed by atoms with Gasteiger partial charge in [0.1, 0.15) is 5.75 Å². The molecule has 1 fully saturated rings. The number of hydrogen-bond acceptors (Lipinski definition) is 5. The fourth-order valence-electron chi connectivity index (χ4n) is 3.76. The van der Waals surface area contributed by atoms with Crippen molar-refractivity contribution in [2.45, 2.75) is 32.2 Å². The van der Waals surface area contributed by atoms with Gasteiger partial charge in [0.25, 0.3) is 5.91 Å². The molecule has 3 rings (SSSR count). The molecule has 0 saturated carbocycles. The maximum absolute atomic E-state index is 12.9. The summed E-state index contributed by atoms with van der Waals surface area (Å²) in [5, 5.41) is 0. The highest BCUT2D eigenvalue weighted by molar-refractivity contribution is 6.06. The fraction of sp³-hybridized carbons (Fsp3) is 0.458. The molecule has 0 aromatic heterocycles. The second-order valence-electron chi connectivity index (χ2n) is 8.19. The van der Waals surface area contributed by atoms with Crippen molar-refractivity contribution < 1.29 is 9.53 Å². The first-order chi connectivity index (χ1) is 14.4. The van der Waals surface area contributed by atoms with Crippen molar-refractivity contribution in [3.63, 3.8) is 0 Å². The Hall–Kier alpha value is -2.73. The van der Waals surface area contributed by atoms with Crippen LogP contribution in [0.5, 0.6) is 5.75 Å².